The Balaban J connectivity index is 2.42. The van der Waals surface area contributed by atoms with Gasteiger partial charge in [0, 0.05) is 12.0 Å². The van der Waals surface area contributed by atoms with Crippen LogP contribution in [0.3, 0.4) is 0 Å². The van der Waals surface area contributed by atoms with Crippen molar-refractivity contribution in [3.05, 3.63) is 47.2 Å². The molecule has 0 spiro atoms. The molecule has 0 aliphatic carbocycles. The van der Waals surface area contributed by atoms with Crippen LogP contribution in [0.15, 0.2) is 41.7 Å². The summed E-state index contributed by atoms with van der Waals surface area (Å²) in [7, 11) is 3.95. The third-order valence-electron chi connectivity index (χ3n) is 4.35. The Hall–Kier alpha value is -2.14. The first-order valence-corrected chi connectivity index (χ1v) is 8.63. The molecule has 2 rings (SSSR count). The Kier molecular flexibility index (Phi) is 5.68. The van der Waals surface area contributed by atoms with Gasteiger partial charge < -0.3 is 14.9 Å². The van der Waals surface area contributed by atoms with Crippen LogP contribution in [0.4, 0.5) is 0 Å². The highest BCUT2D eigenvalue weighted by atomic mass is 16.3. The Labute approximate surface area is 149 Å². The lowest BCUT2D eigenvalue weighted by Gasteiger charge is -2.29. The topological polar surface area (TPSA) is 60.9 Å². The normalized spacial score (nSPS) is 18.4. The maximum Gasteiger partial charge on any atom is 0.290 e. The number of carbonyl (C=O) groups excluding carboxylic acids is 2. The highest BCUT2D eigenvalue weighted by molar-refractivity contribution is 6.10. The molecule has 5 nitrogen and oxygen atoms in total. The van der Waals surface area contributed by atoms with Crippen LogP contribution in [0.25, 0.3) is 0 Å². The molecule has 1 amide bonds. The van der Waals surface area contributed by atoms with E-state index in [0.29, 0.717) is 6.54 Å². The van der Waals surface area contributed by atoms with Gasteiger partial charge in [0.1, 0.15) is 0 Å². The monoisotopic (exact) mass is 344 g/mol. The first kappa shape index (κ1) is 19.2. The SMILES string of the molecule is CN(C)CCCN1C(=O)C(O)=C(C(=O)C(C)(C)C)C1c1ccccc1. The molecule has 1 heterocycles. The van der Waals surface area contributed by atoms with Gasteiger partial charge in [0.15, 0.2) is 11.5 Å². The van der Waals surface area contributed by atoms with Crippen molar-refractivity contribution >= 4 is 11.7 Å². The second-order valence-electron chi connectivity index (χ2n) is 7.81. The fourth-order valence-corrected chi connectivity index (χ4v) is 3.06. The van der Waals surface area contributed by atoms with Crippen LogP contribution in [0, 0.1) is 5.41 Å². The highest BCUT2D eigenvalue weighted by Crippen LogP contribution is 2.40. The Morgan fingerprint density at radius 2 is 1.80 bits per heavy atom. The average molecular weight is 344 g/mol. The summed E-state index contributed by atoms with van der Waals surface area (Å²) in [5, 5.41) is 10.5. The van der Waals surface area contributed by atoms with E-state index in [2.05, 4.69) is 0 Å². The first-order chi connectivity index (χ1) is 11.6. The maximum absolute atomic E-state index is 12.9. The zero-order chi connectivity index (χ0) is 18.8. The largest absolute Gasteiger partial charge is 0.503 e. The van der Waals surface area contributed by atoms with Gasteiger partial charge in [0.25, 0.3) is 5.91 Å². The highest BCUT2D eigenvalue weighted by Gasteiger charge is 2.45. The number of Topliss-reactive ketones (excluding diaryl/α,β-unsaturated/α-hetero) is 1. The summed E-state index contributed by atoms with van der Waals surface area (Å²) in [6, 6.07) is 8.92. The number of ketones is 1. The van der Waals surface area contributed by atoms with Crippen LogP contribution in [0.2, 0.25) is 0 Å². The van der Waals surface area contributed by atoms with Crippen molar-refractivity contribution in [2.75, 3.05) is 27.2 Å². The summed E-state index contributed by atoms with van der Waals surface area (Å²) in [6.45, 7) is 6.72. The summed E-state index contributed by atoms with van der Waals surface area (Å²) in [5.74, 6) is -1.05. The molecule has 5 heteroatoms. The van der Waals surface area contributed by atoms with Crippen molar-refractivity contribution in [1.29, 1.82) is 0 Å². The number of hydrogen-bond acceptors (Lipinski definition) is 4. The smallest absolute Gasteiger partial charge is 0.290 e. The van der Waals surface area contributed by atoms with Crippen LogP contribution < -0.4 is 0 Å². The van der Waals surface area contributed by atoms with Gasteiger partial charge in [0.2, 0.25) is 0 Å². The molecule has 1 N–H and O–H groups in total. The third-order valence-corrected chi connectivity index (χ3v) is 4.35. The molecule has 0 radical (unpaired) electrons. The zero-order valence-electron chi connectivity index (χ0n) is 15.7. The lowest BCUT2D eigenvalue weighted by atomic mass is 9.82. The maximum atomic E-state index is 12.9. The number of rotatable bonds is 6. The summed E-state index contributed by atoms with van der Waals surface area (Å²) in [6.07, 6.45) is 0.770. The minimum atomic E-state index is -0.670. The van der Waals surface area contributed by atoms with Crippen molar-refractivity contribution in [2.45, 2.75) is 33.2 Å². The van der Waals surface area contributed by atoms with E-state index >= 15 is 0 Å². The number of aliphatic hydroxyl groups is 1. The molecule has 1 aromatic carbocycles. The van der Waals surface area contributed by atoms with E-state index in [0.717, 1.165) is 18.5 Å². The van der Waals surface area contributed by atoms with Crippen molar-refractivity contribution in [3.8, 4) is 0 Å². The van der Waals surface area contributed by atoms with E-state index in [1.807, 2.05) is 49.3 Å². The molecule has 136 valence electrons. The molecule has 0 bridgehead atoms. The van der Waals surface area contributed by atoms with Gasteiger partial charge in [0.05, 0.1) is 11.6 Å². The number of benzene rings is 1. The summed E-state index contributed by atoms with van der Waals surface area (Å²) in [5.41, 5.74) is 0.391. The van der Waals surface area contributed by atoms with Gasteiger partial charge in [-0.25, -0.2) is 0 Å². The molecule has 0 saturated carbocycles. The minimum absolute atomic E-state index is 0.192. The Morgan fingerprint density at radius 1 is 1.20 bits per heavy atom. The van der Waals surface area contributed by atoms with E-state index in [1.54, 1.807) is 25.7 Å². The molecule has 1 aliphatic rings. The molecule has 0 fully saturated rings. The van der Waals surface area contributed by atoms with Crippen LogP contribution in [-0.2, 0) is 9.59 Å². The molecule has 1 unspecified atom stereocenters. The van der Waals surface area contributed by atoms with Crippen LogP contribution >= 0.6 is 0 Å². The zero-order valence-corrected chi connectivity index (χ0v) is 15.7. The van der Waals surface area contributed by atoms with Crippen molar-refractivity contribution in [1.82, 2.24) is 9.80 Å². The van der Waals surface area contributed by atoms with E-state index in [-0.39, 0.29) is 11.4 Å². The van der Waals surface area contributed by atoms with E-state index in [9.17, 15) is 14.7 Å². The molecule has 1 aliphatic heterocycles. The average Bonchev–Trinajstić information content (AvgIpc) is 2.78. The quantitative estimate of drug-likeness (QED) is 0.862. The lowest BCUT2D eigenvalue weighted by Crippen LogP contribution is -2.34. The molecule has 1 atom stereocenters. The van der Waals surface area contributed by atoms with Gasteiger partial charge in [-0.1, -0.05) is 51.1 Å². The standard InChI is InChI=1S/C20H28N2O3/c1-20(2,3)18(24)15-16(14-10-7-6-8-11-14)22(19(25)17(15)23)13-9-12-21(4)5/h6-8,10-11,16,23H,9,12-13H2,1-5H3. The van der Waals surface area contributed by atoms with Crippen molar-refractivity contribution in [3.63, 3.8) is 0 Å². The van der Waals surface area contributed by atoms with Gasteiger partial charge in [-0.2, -0.15) is 0 Å². The van der Waals surface area contributed by atoms with Gasteiger partial charge in [-0.15, -0.1) is 0 Å². The number of hydrogen-bond donors (Lipinski definition) is 1. The van der Waals surface area contributed by atoms with E-state index < -0.39 is 23.1 Å². The number of carbonyl (C=O) groups is 2. The molecule has 25 heavy (non-hydrogen) atoms. The number of aliphatic hydroxyl groups excluding tert-OH is 1. The van der Waals surface area contributed by atoms with Crippen molar-refractivity contribution < 1.29 is 14.7 Å². The van der Waals surface area contributed by atoms with Gasteiger partial charge in [-0.05, 0) is 32.6 Å². The molecular formula is C20H28N2O3. The summed E-state index contributed by atoms with van der Waals surface area (Å²) < 4.78 is 0. The molecule has 1 aromatic rings. The number of amides is 1. The molecule has 0 saturated heterocycles. The fourth-order valence-electron chi connectivity index (χ4n) is 3.06. The minimum Gasteiger partial charge on any atom is -0.503 e. The van der Waals surface area contributed by atoms with E-state index in [1.165, 1.54) is 0 Å². The lowest BCUT2D eigenvalue weighted by molar-refractivity contribution is -0.129. The Morgan fingerprint density at radius 3 is 2.32 bits per heavy atom. The second kappa shape index (κ2) is 7.40. The third kappa shape index (κ3) is 4.10. The van der Waals surface area contributed by atoms with Gasteiger partial charge in [-0.3, -0.25) is 9.59 Å². The number of nitrogens with zero attached hydrogens (tertiary/aromatic N) is 2. The van der Waals surface area contributed by atoms with Gasteiger partial charge >= 0.3 is 0 Å². The first-order valence-electron chi connectivity index (χ1n) is 8.63. The van der Waals surface area contributed by atoms with Crippen LogP contribution in [0.5, 0.6) is 0 Å². The van der Waals surface area contributed by atoms with Crippen LogP contribution in [0.1, 0.15) is 38.8 Å². The Bertz CT molecular complexity index is 672. The second-order valence-corrected chi connectivity index (χ2v) is 7.81. The van der Waals surface area contributed by atoms with E-state index in [4.69, 9.17) is 0 Å². The van der Waals surface area contributed by atoms with Crippen LogP contribution in [-0.4, -0.2) is 53.8 Å². The predicted octanol–water partition coefficient (Wildman–Crippen LogP) is 2.95. The summed E-state index contributed by atoms with van der Waals surface area (Å²) >= 11 is 0. The molecular weight excluding hydrogens is 316 g/mol. The predicted molar refractivity (Wildman–Crippen MR) is 98.2 cm³/mol. The summed E-state index contributed by atoms with van der Waals surface area (Å²) in [4.78, 5) is 29.3. The fraction of sp³-hybridized carbons (Fsp3) is 0.500. The van der Waals surface area contributed by atoms with Crippen molar-refractivity contribution in [2.24, 2.45) is 5.41 Å². The molecule has 0 aromatic heterocycles.